The highest BCUT2D eigenvalue weighted by Gasteiger charge is 2.20. The Morgan fingerprint density at radius 2 is 1.90 bits per heavy atom. The number of fused-ring (bicyclic) bond motifs is 1. The summed E-state index contributed by atoms with van der Waals surface area (Å²) in [7, 11) is 0. The molecule has 0 spiro atoms. The van der Waals surface area contributed by atoms with Crippen molar-refractivity contribution in [1.29, 1.82) is 0 Å². The summed E-state index contributed by atoms with van der Waals surface area (Å²) in [5, 5.41) is 0. The molecule has 5 nitrogen and oxygen atoms in total. The van der Waals surface area contributed by atoms with E-state index in [0.29, 0.717) is 25.3 Å². The van der Waals surface area contributed by atoms with Gasteiger partial charge in [-0.1, -0.05) is 18.2 Å². The molecule has 0 bridgehead atoms. The van der Waals surface area contributed by atoms with Gasteiger partial charge in [-0.15, -0.1) is 0 Å². The Kier molecular flexibility index (Phi) is 3.75. The number of amides is 1. The second kappa shape index (κ2) is 5.85. The van der Waals surface area contributed by atoms with Gasteiger partial charge >= 0.3 is 0 Å². The molecule has 0 saturated carbocycles. The molecule has 0 aromatic heterocycles. The van der Waals surface area contributed by atoms with Gasteiger partial charge in [0.2, 0.25) is 0 Å². The number of nitrogens with two attached hydrogens (primary N) is 1. The summed E-state index contributed by atoms with van der Waals surface area (Å²) in [6, 6.07) is 14.9. The molecule has 0 radical (unpaired) electrons. The van der Waals surface area contributed by atoms with Crippen LogP contribution in [-0.4, -0.2) is 24.0 Å². The molecule has 3 rings (SSSR count). The molecule has 3 N–H and O–H groups in total. The van der Waals surface area contributed by atoms with Crippen LogP contribution in [0.15, 0.2) is 48.5 Å². The highest BCUT2D eigenvalue weighted by Crippen LogP contribution is 2.23. The number of nitrogen functional groups attached to an aromatic ring is 1. The van der Waals surface area contributed by atoms with Gasteiger partial charge < -0.3 is 15.1 Å². The van der Waals surface area contributed by atoms with E-state index in [2.05, 4.69) is 5.43 Å². The first-order valence-electron chi connectivity index (χ1n) is 6.84. The van der Waals surface area contributed by atoms with E-state index in [1.54, 1.807) is 29.2 Å². The van der Waals surface area contributed by atoms with Gasteiger partial charge in [0.1, 0.15) is 12.4 Å². The Bertz CT molecular complexity index is 640. The molecule has 1 aliphatic heterocycles. The van der Waals surface area contributed by atoms with Crippen LogP contribution in [0.3, 0.4) is 0 Å². The number of ether oxygens (including phenoxy) is 1. The first kappa shape index (κ1) is 13.5. The average Bonchev–Trinajstić information content (AvgIpc) is 2.76. The normalized spacial score (nSPS) is 13.9. The van der Waals surface area contributed by atoms with Crippen molar-refractivity contribution in [1.82, 2.24) is 4.90 Å². The number of anilines is 1. The summed E-state index contributed by atoms with van der Waals surface area (Å²) in [6.45, 7) is 1.64. The Morgan fingerprint density at radius 3 is 2.67 bits per heavy atom. The topological polar surface area (TPSA) is 67.6 Å². The number of benzene rings is 2. The van der Waals surface area contributed by atoms with Crippen LogP contribution in [0.4, 0.5) is 5.69 Å². The average molecular weight is 283 g/mol. The zero-order valence-corrected chi connectivity index (χ0v) is 11.6. The van der Waals surface area contributed by atoms with Gasteiger partial charge in [0.05, 0.1) is 6.54 Å². The van der Waals surface area contributed by atoms with E-state index in [1.807, 2.05) is 24.3 Å². The molecule has 0 atom stereocenters. The smallest absolute Gasteiger partial charge is 0.254 e. The predicted octanol–water partition coefficient (Wildman–Crippen LogP) is 2.01. The van der Waals surface area contributed by atoms with Gasteiger partial charge in [0.15, 0.2) is 0 Å². The third kappa shape index (κ3) is 2.83. The van der Waals surface area contributed by atoms with Crippen LogP contribution in [0.1, 0.15) is 15.9 Å². The van der Waals surface area contributed by atoms with Crippen LogP contribution in [0.5, 0.6) is 5.75 Å². The predicted molar refractivity (Wildman–Crippen MR) is 80.9 cm³/mol. The van der Waals surface area contributed by atoms with E-state index in [1.165, 1.54) is 0 Å². The fourth-order valence-corrected chi connectivity index (χ4v) is 2.39. The number of hydrogen-bond acceptors (Lipinski definition) is 4. The van der Waals surface area contributed by atoms with E-state index in [4.69, 9.17) is 10.6 Å². The quantitative estimate of drug-likeness (QED) is 0.653. The maximum atomic E-state index is 12.6. The molecule has 1 aliphatic rings. The molecule has 0 saturated heterocycles. The van der Waals surface area contributed by atoms with Crippen molar-refractivity contribution < 1.29 is 9.53 Å². The minimum absolute atomic E-state index is 0.00104. The van der Waals surface area contributed by atoms with Crippen LogP contribution in [0.25, 0.3) is 0 Å². The fourth-order valence-electron chi connectivity index (χ4n) is 2.39. The molecule has 5 heteroatoms. The molecule has 1 heterocycles. The third-order valence-corrected chi connectivity index (χ3v) is 3.54. The van der Waals surface area contributed by atoms with Crippen molar-refractivity contribution in [3.63, 3.8) is 0 Å². The van der Waals surface area contributed by atoms with Gasteiger partial charge in [-0.3, -0.25) is 10.6 Å². The molecule has 0 fully saturated rings. The number of nitrogens with one attached hydrogen (secondary N) is 1. The van der Waals surface area contributed by atoms with E-state index in [0.717, 1.165) is 17.0 Å². The van der Waals surface area contributed by atoms with Crippen LogP contribution in [0, 0.1) is 0 Å². The molecule has 0 aliphatic carbocycles. The highest BCUT2D eigenvalue weighted by molar-refractivity contribution is 5.94. The van der Waals surface area contributed by atoms with Crippen LogP contribution < -0.4 is 16.0 Å². The first-order valence-corrected chi connectivity index (χ1v) is 6.84. The summed E-state index contributed by atoms with van der Waals surface area (Å²) < 4.78 is 5.68. The Hall–Kier alpha value is -2.53. The maximum Gasteiger partial charge on any atom is 0.254 e. The molecular formula is C16H17N3O2. The van der Waals surface area contributed by atoms with Gasteiger partial charge in [-0.05, 0) is 30.3 Å². The molecular weight excluding hydrogens is 266 g/mol. The van der Waals surface area contributed by atoms with Crippen LogP contribution >= 0.6 is 0 Å². The Morgan fingerprint density at radius 1 is 1.14 bits per heavy atom. The summed E-state index contributed by atoms with van der Waals surface area (Å²) >= 11 is 0. The SMILES string of the molecule is NNc1ccc(C(=O)N2CCOc3ccccc3C2)cc1. The molecule has 1 amide bonds. The van der Waals surface area contributed by atoms with Crippen molar-refractivity contribution in [3.8, 4) is 5.75 Å². The number of hydrogen-bond donors (Lipinski definition) is 2. The number of nitrogens with zero attached hydrogens (tertiary/aromatic N) is 1. The lowest BCUT2D eigenvalue weighted by atomic mass is 10.1. The Balaban J connectivity index is 1.81. The minimum atomic E-state index is -0.00104. The van der Waals surface area contributed by atoms with E-state index < -0.39 is 0 Å². The van der Waals surface area contributed by atoms with Crippen molar-refractivity contribution >= 4 is 11.6 Å². The summed E-state index contributed by atoms with van der Waals surface area (Å²) in [5.41, 5.74) is 5.00. The number of rotatable bonds is 2. The lowest BCUT2D eigenvalue weighted by Crippen LogP contribution is -2.32. The number of hydrazine groups is 1. The molecule has 0 unspecified atom stereocenters. The molecule has 108 valence electrons. The van der Waals surface area contributed by atoms with Crippen LogP contribution in [-0.2, 0) is 6.54 Å². The summed E-state index contributed by atoms with van der Waals surface area (Å²) in [4.78, 5) is 14.4. The van der Waals surface area contributed by atoms with Gasteiger partial charge in [-0.2, -0.15) is 0 Å². The monoisotopic (exact) mass is 283 g/mol. The van der Waals surface area contributed by atoms with Crippen molar-refractivity contribution in [2.75, 3.05) is 18.6 Å². The molecule has 2 aromatic rings. The van der Waals surface area contributed by atoms with E-state index >= 15 is 0 Å². The second-order valence-corrected chi connectivity index (χ2v) is 4.90. The Labute approximate surface area is 123 Å². The van der Waals surface area contributed by atoms with Gasteiger partial charge in [0.25, 0.3) is 5.91 Å². The lowest BCUT2D eigenvalue weighted by Gasteiger charge is -2.20. The largest absolute Gasteiger partial charge is 0.491 e. The minimum Gasteiger partial charge on any atom is -0.491 e. The van der Waals surface area contributed by atoms with Gasteiger partial charge in [-0.25, -0.2) is 0 Å². The fraction of sp³-hybridized carbons (Fsp3) is 0.188. The first-order chi connectivity index (χ1) is 10.3. The number of carbonyl (C=O) groups is 1. The van der Waals surface area contributed by atoms with Crippen molar-refractivity contribution in [3.05, 3.63) is 59.7 Å². The number of para-hydroxylation sites is 1. The molecule has 21 heavy (non-hydrogen) atoms. The standard InChI is InChI=1S/C16H17N3O2/c17-18-14-7-5-12(6-8-14)16(20)19-9-10-21-15-4-2-1-3-13(15)11-19/h1-8,18H,9-11,17H2. The van der Waals surface area contributed by atoms with Crippen molar-refractivity contribution in [2.24, 2.45) is 5.84 Å². The second-order valence-electron chi connectivity index (χ2n) is 4.90. The van der Waals surface area contributed by atoms with Crippen molar-refractivity contribution in [2.45, 2.75) is 6.54 Å². The zero-order valence-electron chi connectivity index (χ0n) is 11.6. The van der Waals surface area contributed by atoms with E-state index in [9.17, 15) is 4.79 Å². The van der Waals surface area contributed by atoms with Crippen LogP contribution in [0.2, 0.25) is 0 Å². The molecule has 2 aromatic carbocycles. The van der Waals surface area contributed by atoms with Gasteiger partial charge in [0, 0.05) is 23.4 Å². The van der Waals surface area contributed by atoms with E-state index in [-0.39, 0.29) is 5.91 Å². The lowest BCUT2D eigenvalue weighted by molar-refractivity contribution is 0.0733. The third-order valence-electron chi connectivity index (χ3n) is 3.54. The highest BCUT2D eigenvalue weighted by atomic mass is 16.5. The summed E-state index contributed by atoms with van der Waals surface area (Å²) in [6.07, 6.45) is 0. The zero-order chi connectivity index (χ0) is 14.7. The summed E-state index contributed by atoms with van der Waals surface area (Å²) in [5.74, 6) is 6.19. The number of carbonyl (C=O) groups excluding carboxylic acids is 1. The maximum absolute atomic E-state index is 12.6.